The molecule has 0 spiro atoms. The zero-order chi connectivity index (χ0) is 16.4. The zero-order valence-corrected chi connectivity index (χ0v) is 14.7. The van der Waals surface area contributed by atoms with Crippen LogP contribution < -0.4 is 11.1 Å². The van der Waals surface area contributed by atoms with Gasteiger partial charge < -0.3 is 15.8 Å². The topological polar surface area (TPSA) is 82.2 Å². The van der Waals surface area contributed by atoms with Crippen LogP contribution in [0.1, 0.15) is 24.2 Å². The molecule has 1 amide bonds. The summed E-state index contributed by atoms with van der Waals surface area (Å²) in [7, 11) is 0. The molecule has 3 rings (SSSR count). The van der Waals surface area contributed by atoms with E-state index in [9.17, 15) is 4.79 Å². The van der Waals surface area contributed by atoms with Gasteiger partial charge in [-0.1, -0.05) is 12.1 Å². The van der Waals surface area contributed by atoms with E-state index in [1.807, 2.05) is 48.9 Å². The number of rotatable bonds is 4. The van der Waals surface area contributed by atoms with E-state index < -0.39 is 6.10 Å². The molecule has 0 bridgehead atoms. The molecule has 130 valence electrons. The molecule has 2 heterocycles. The maximum Gasteiger partial charge on any atom is 0.253 e. The summed E-state index contributed by atoms with van der Waals surface area (Å²) in [6.07, 6.45) is 1.08. The molecule has 1 aromatic heterocycles. The van der Waals surface area contributed by atoms with Gasteiger partial charge in [0.15, 0.2) is 0 Å². The number of hydrogen-bond donors (Lipinski definition) is 2. The number of aromatic nitrogens is 2. The molecule has 1 aliphatic rings. The number of nitrogens with two attached hydrogens (primary N) is 1. The number of halogens is 1. The molecule has 1 aromatic carbocycles. The molecule has 3 N–H and O–H groups in total. The first-order chi connectivity index (χ1) is 11.1. The fourth-order valence-electron chi connectivity index (χ4n) is 2.92. The minimum Gasteiger partial charge on any atom is -0.364 e. The second-order valence-corrected chi connectivity index (χ2v) is 5.91. The average Bonchev–Trinajstić information content (AvgIpc) is 3.14. The highest BCUT2D eigenvalue weighted by molar-refractivity contribution is 5.96. The lowest BCUT2D eigenvalue weighted by atomic mass is 10.2. The number of anilines is 1. The zero-order valence-electron chi connectivity index (χ0n) is 13.9. The number of amides is 1. The average molecular weight is 351 g/mol. The molecule has 1 saturated heterocycles. The summed E-state index contributed by atoms with van der Waals surface area (Å²) in [5.41, 5.74) is 9.13. The van der Waals surface area contributed by atoms with Gasteiger partial charge in [-0.2, -0.15) is 5.10 Å². The molecular formula is C17H23ClN4O2. The van der Waals surface area contributed by atoms with Crippen LogP contribution in [-0.2, 0) is 9.53 Å². The van der Waals surface area contributed by atoms with Crippen LogP contribution in [0.4, 0.5) is 5.69 Å². The number of nitrogens with zero attached hydrogens (tertiary/aromatic N) is 2. The third-order valence-corrected chi connectivity index (χ3v) is 4.06. The van der Waals surface area contributed by atoms with E-state index >= 15 is 0 Å². The van der Waals surface area contributed by atoms with Crippen LogP contribution in [0.5, 0.6) is 0 Å². The highest BCUT2D eigenvalue weighted by atomic mass is 35.5. The van der Waals surface area contributed by atoms with Gasteiger partial charge in [-0.25, -0.2) is 4.68 Å². The van der Waals surface area contributed by atoms with Gasteiger partial charge >= 0.3 is 0 Å². The molecule has 7 heteroatoms. The van der Waals surface area contributed by atoms with Gasteiger partial charge in [-0.3, -0.25) is 4.79 Å². The Kier molecular flexibility index (Phi) is 5.99. The summed E-state index contributed by atoms with van der Waals surface area (Å²) in [6.45, 7) is 4.39. The van der Waals surface area contributed by atoms with Crippen molar-refractivity contribution in [1.82, 2.24) is 9.78 Å². The Bertz CT molecular complexity index is 716. The van der Waals surface area contributed by atoms with Crippen molar-refractivity contribution in [3.63, 3.8) is 0 Å². The highest BCUT2D eigenvalue weighted by Crippen LogP contribution is 2.24. The molecule has 0 aliphatic carbocycles. The third kappa shape index (κ3) is 3.77. The number of aryl methyl sites for hydroxylation is 2. The maximum absolute atomic E-state index is 12.4. The fraction of sp³-hybridized carbons (Fsp3) is 0.412. The number of hydrogen-bond acceptors (Lipinski definition) is 4. The Labute approximate surface area is 147 Å². The van der Waals surface area contributed by atoms with E-state index in [0.29, 0.717) is 13.0 Å². The molecule has 2 aromatic rings. The predicted octanol–water partition coefficient (Wildman–Crippen LogP) is 2.36. The SMILES string of the molecule is Cc1cc(C)n(-c2ccccc2NC(=O)[C@@H]2CC[C@H](CN)O2)n1.Cl. The molecule has 0 unspecified atom stereocenters. The minimum absolute atomic E-state index is 0. The predicted molar refractivity (Wildman–Crippen MR) is 95.9 cm³/mol. The van der Waals surface area contributed by atoms with Crippen LogP contribution >= 0.6 is 12.4 Å². The Morgan fingerprint density at radius 2 is 2.12 bits per heavy atom. The van der Waals surface area contributed by atoms with E-state index in [4.69, 9.17) is 10.5 Å². The molecule has 0 radical (unpaired) electrons. The number of carbonyl (C=O) groups is 1. The molecule has 1 aliphatic heterocycles. The van der Waals surface area contributed by atoms with Gasteiger partial charge in [0.05, 0.1) is 23.2 Å². The monoisotopic (exact) mass is 350 g/mol. The van der Waals surface area contributed by atoms with Gasteiger partial charge in [0.1, 0.15) is 6.10 Å². The first kappa shape index (κ1) is 18.4. The number of ether oxygens (including phenoxy) is 1. The highest BCUT2D eigenvalue weighted by Gasteiger charge is 2.30. The Hall–Kier alpha value is -1.89. The summed E-state index contributed by atoms with van der Waals surface area (Å²) in [6, 6.07) is 9.64. The number of benzene rings is 1. The number of para-hydroxylation sites is 2. The van der Waals surface area contributed by atoms with Crippen LogP contribution in [0.25, 0.3) is 5.69 Å². The fourth-order valence-corrected chi connectivity index (χ4v) is 2.92. The molecule has 2 atom stereocenters. The van der Waals surface area contributed by atoms with E-state index in [1.165, 1.54) is 0 Å². The summed E-state index contributed by atoms with van der Waals surface area (Å²) in [4.78, 5) is 12.4. The lowest BCUT2D eigenvalue weighted by molar-refractivity contribution is -0.126. The van der Waals surface area contributed by atoms with Gasteiger partial charge in [0, 0.05) is 12.2 Å². The smallest absolute Gasteiger partial charge is 0.253 e. The Morgan fingerprint density at radius 1 is 1.38 bits per heavy atom. The second kappa shape index (κ2) is 7.79. The van der Waals surface area contributed by atoms with Crippen molar-refractivity contribution < 1.29 is 9.53 Å². The summed E-state index contributed by atoms with van der Waals surface area (Å²) in [5, 5.41) is 7.46. The third-order valence-electron chi connectivity index (χ3n) is 4.06. The minimum atomic E-state index is -0.433. The van der Waals surface area contributed by atoms with Gasteiger partial charge in [0.25, 0.3) is 5.91 Å². The van der Waals surface area contributed by atoms with Crippen molar-refractivity contribution in [3.05, 3.63) is 41.7 Å². The van der Waals surface area contributed by atoms with Gasteiger partial charge in [-0.05, 0) is 44.9 Å². The second-order valence-electron chi connectivity index (χ2n) is 5.91. The molecule has 0 saturated carbocycles. The summed E-state index contributed by atoms with van der Waals surface area (Å²) < 4.78 is 7.49. The Morgan fingerprint density at radius 3 is 2.75 bits per heavy atom. The normalized spacial score (nSPS) is 19.8. The maximum atomic E-state index is 12.4. The number of nitrogens with one attached hydrogen (secondary N) is 1. The summed E-state index contributed by atoms with van der Waals surface area (Å²) in [5.74, 6) is -0.130. The lowest BCUT2D eigenvalue weighted by Gasteiger charge is -2.15. The molecule has 1 fully saturated rings. The first-order valence-corrected chi connectivity index (χ1v) is 7.87. The van der Waals surface area contributed by atoms with Crippen molar-refractivity contribution in [1.29, 1.82) is 0 Å². The quantitative estimate of drug-likeness (QED) is 0.886. The van der Waals surface area contributed by atoms with Gasteiger partial charge in [0.2, 0.25) is 0 Å². The van der Waals surface area contributed by atoms with E-state index in [1.54, 1.807) is 0 Å². The van der Waals surface area contributed by atoms with Crippen LogP contribution in [0.15, 0.2) is 30.3 Å². The van der Waals surface area contributed by atoms with Gasteiger partial charge in [-0.15, -0.1) is 12.4 Å². The van der Waals surface area contributed by atoms with E-state index in [0.717, 1.165) is 29.2 Å². The molecular weight excluding hydrogens is 328 g/mol. The summed E-state index contributed by atoms with van der Waals surface area (Å²) >= 11 is 0. The van der Waals surface area contributed by atoms with Crippen LogP contribution in [0.3, 0.4) is 0 Å². The lowest BCUT2D eigenvalue weighted by Crippen LogP contribution is -2.30. The van der Waals surface area contributed by atoms with Crippen LogP contribution in [0.2, 0.25) is 0 Å². The van der Waals surface area contributed by atoms with Crippen molar-refractivity contribution >= 4 is 24.0 Å². The van der Waals surface area contributed by atoms with Crippen molar-refractivity contribution in [2.45, 2.75) is 38.9 Å². The van der Waals surface area contributed by atoms with E-state index in [-0.39, 0.29) is 24.4 Å². The molecule has 6 nitrogen and oxygen atoms in total. The van der Waals surface area contributed by atoms with Crippen molar-refractivity contribution in [2.75, 3.05) is 11.9 Å². The standard InChI is InChI=1S/C17H22N4O2.ClH/c1-11-9-12(2)21(20-11)15-6-4-3-5-14(15)19-17(22)16-8-7-13(10-18)23-16;/h3-6,9,13,16H,7-8,10,18H2,1-2H3,(H,19,22);1H/t13-,16+;/m1./s1. The van der Waals surface area contributed by atoms with Crippen LogP contribution in [-0.4, -0.2) is 34.4 Å². The van der Waals surface area contributed by atoms with Crippen LogP contribution in [0, 0.1) is 13.8 Å². The largest absolute Gasteiger partial charge is 0.364 e. The van der Waals surface area contributed by atoms with E-state index in [2.05, 4.69) is 10.4 Å². The number of carbonyl (C=O) groups excluding carboxylic acids is 1. The first-order valence-electron chi connectivity index (χ1n) is 7.87. The van der Waals surface area contributed by atoms with Crippen molar-refractivity contribution in [2.24, 2.45) is 5.73 Å². The molecule has 24 heavy (non-hydrogen) atoms. The van der Waals surface area contributed by atoms with Crippen molar-refractivity contribution in [3.8, 4) is 5.69 Å². The Balaban J connectivity index is 0.00000208.